The molecule has 3 aromatic rings. The summed E-state index contributed by atoms with van der Waals surface area (Å²) in [6.07, 6.45) is 1.83. The van der Waals surface area contributed by atoms with E-state index in [9.17, 15) is 0 Å². The Labute approximate surface area is 147 Å². The summed E-state index contributed by atoms with van der Waals surface area (Å²) in [4.78, 5) is 9.09. The molecule has 25 heavy (non-hydrogen) atoms. The summed E-state index contributed by atoms with van der Waals surface area (Å²) < 4.78 is 1.97. The highest BCUT2D eigenvalue weighted by Gasteiger charge is 2.06. The average molecular weight is 337 g/mol. The van der Waals surface area contributed by atoms with E-state index in [2.05, 4.69) is 31.9 Å². The first-order chi connectivity index (χ1) is 12.2. The first kappa shape index (κ1) is 16.9. The molecule has 2 heterocycles. The number of fused-ring (bicyclic) bond motifs is 1. The fourth-order valence-corrected chi connectivity index (χ4v) is 2.57. The molecule has 7 nitrogen and oxygen atoms in total. The molecule has 0 aliphatic rings. The molecule has 0 bridgehead atoms. The Morgan fingerprint density at radius 3 is 2.76 bits per heavy atom. The highest BCUT2D eigenvalue weighted by molar-refractivity contribution is 5.83. The molecule has 0 atom stereocenters. The summed E-state index contributed by atoms with van der Waals surface area (Å²) >= 11 is 0. The first-order valence-corrected chi connectivity index (χ1v) is 8.38. The number of aryl methyl sites for hydroxylation is 1. The Kier molecular flexibility index (Phi) is 5.23. The number of aliphatic imine (C=N–C) groups is 1. The second kappa shape index (κ2) is 7.74. The Bertz CT molecular complexity index is 877. The lowest BCUT2D eigenvalue weighted by atomic mass is 10.1. The Balaban J connectivity index is 1.74. The van der Waals surface area contributed by atoms with Gasteiger partial charge < -0.3 is 15.2 Å². The van der Waals surface area contributed by atoms with Crippen molar-refractivity contribution < 1.29 is 0 Å². The molecule has 0 aliphatic heterocycles. The van der Waals surface area contributed by atoms with Crippen LogP contribution in [0.15, 0.2) is 41.5 Å². The van der Waals surface area contributed by atoms with Gasteiger partial charge >= 0.3 is 0 Å². The third-order valence-corrected chi connectivity index (χ3v) is 4.09. The Morgan fingerprint density at radius 2 is 2.00 bits per heavy atom. The number of nitrogens with one attached hydrogen (secondary N) is 2. The van der Waals surface area contributed by atoms with E-state index in [0.29, 0.717) is 13.1 Å². The number of para-hydroxylation sites is 1. The van der Waals surface area contributed by atoms with Crippen molar-refractivity contribution in [1.29, 1.82) is 0 Å². The fraction of sp³-hybridized carbons (Fsp3) is 0.333. The molecule has 2 N–H and O–H groups in total. The normalized spacial score (nSPS) is 11.7. The number of rotatable bonds is 5. The van der Waals surface area contributed by atoms with Gasteiger partial charge in [0.1, 0.15) is 5.82 Å². The molecule has 0 aliphatic carbocycles. The van der Waals surface area contributed by atoms with Crippen molar-refractivity contribution in [2.45, 2.75) is 26.9 Å². The lowest BCUT2D eigenvalue weighted by Crippen LogP contribution is -2.37. The Hall–Kier alpha value is -2.96. The first-order valence-electron chi connectivity index (χ1n) is 8.38. The SMILES string of the molecule is CCNC(=NCc1ccnc2ccccc12)NCc1nnc(C)n1C. The molecular formula is C18H23N7. The van der Waals surface area contributed by atoms with Gasteiger partial charge in [0.2, 0.25) is 0 Å². The maximum atomic E-state index is 4.69. The maximum absolute atomic E-state index is 4.69. The van der Waals surface area contributed by atoms with E-state index in [-0.39, 0.29) is 0 Å². The standard InChI is InChI=1S/C18H23N7/c1-4-19-18(22-12-17-24-23-13(2)25(17)3)21-11-14-9-10-20-16-8-6-5-7-15(14)16/h5-10H,4,11-12H2,1-3H3,(H2,19,21,22). The van der Waals surface area contributed by atoms with Crippen LogP contribution in [-0.2, 0) is 20.1 Å². The third-order valence-electron chi connectivity index (χ3n) is 4.09. The van der Waals surface area contributed by atoms with Crippen molar-refractivity contribution in [2.75, 3.05) is 6.54 Å². The van der Waals surface area contributed by atoms with Gasteiger partial charge in [0.25, 0.3) is 0 Å². The zero-order valence-corrected chi connectivity index (χ0v) is 14.8. The number of guanidine groups is 1. The molecule has 7 heteroatoms. The van der Waals surface area contributed by atoms with Gasteiger partial charge in [0.05, 0.1) is 18.6 Å². The van der Waals surface area contributed by atoms with E-state index in [1.54, 1.807) is 0 Å². The van der Waals surface area contributed by atoms with E-state index < -0.39 is 0 Å². The minimum atomic E-state index is 0.570. The van der Waals surface area contributed by atoms with Crippen LogP contribution in [0, 0.1) is 6.92 Å². The van der Waals surface area contributed by atoms with Crippen LogP contribution in [0.4, 0.5) is 0 Å². The highest BCUT2D eigenvalue weighted by Crippen LogP contribution is 2.16. The van der Waals surface area contributed by atoms with Crippen molar-refractivity contribution in [3.05, 3.63) is 53.7 Å². The summed E-state index contributed by atoms with van der Waals surface area (Å²) in [5.74, 6) is 2.52. The van der Waals surface area contributed by atoms with Gasteiger partial charge in [-0.1, -0.05) is 18.2 Å². The van der Waals surface area contributed by atoms with Crippen molar-refractivity contribution in [3.8, 4) is 0 Å². The molecule has 0 saturated heterocycles. The predicted molar refractivity (Wildman–Crippen MR) is 99.1 cm³/mol. The predicted octanol–water partition coefficient (Wildman–Crippen LogP) is 1.93. The van der Waals surface area contributed by atoms with Gasteiger partial charge in [-0.2, -0.15) is 0 Å². The number of aromatic nitrogens is 4. The van der Waals surface area contributed by atoms with Crippen LogP contribution >= 0.6 is 0 Å². The maximum Gasteiger partial charge on any atom is 0.191 e. The van der Waals surface area contributed by atoms with Crippen molar-refractivity contribution >= 4 is 16.9 Å². The minimum absolute atomic E-state index is 0.570. The second-order valence-electron chi connectivity index (χ2n) is 5.76. The highest BCUT2D eigenvalue weighted by atomic mass is 15.3. The summed E-state index contributed by atoms with van der Waals surface area (Å²) in [6.45, 7) is 5.92. The van der Waals surface area contributed by atoms with Gasteiger partial charge in [-0.3, -0.25) is 4.98 Å². The molecule has 0 fully saturated rings. The van der Waals surface area contributed by atoms with Crippen LogP contribution in [0.3, 0.4) is 0 Å². The molecule has 130 valence electrons. The van der Waals surface area contributed by atoms with Gasteiger partial charge in [-0.15, -0.1) is 10.2 Å². The van der Waals surface area contributed by atoms with E-state index >= 15 is 0 Å². The molecule has 0 amide bonds. The lowest BCUT2D eigenvalue weighted by molar-refractivity contribution is 0.718. The molecule has 0 saturated carbocycles. The van der Waals surface area contributed by atoms with E-state index in [0.717, 1.165) is 40.6 Å². The van der Waals surface area contributed by atoms with E-state index in [1.807, 2.05) is 55.9 Å². The van der Waals surface area contributed by atoms with Crippen LogP contribution in [0.2, 0.25) is 0 Å². The zero-order valence-electron chi connectivity index (χ0n) is 14.8. The van der Waals surface area contributed by atoms with Gasteiger partial charge in [0.15, 0.2) is 11.8 Å². The van der Waals surface area contributed by atoms with Crippen LogP contribution in [-0.4, -0.2) is 32.3 Å². The van der Waals surface area contributed by atoms with Crippen molar-refractivity contribution in [2.24, 2.45) is 12.0 Å². The van der Waals surface area contributed by atoms with Crippen LogP contribution in [0.1, 0.15) is 24.1 Å². The molecular weight excluding hydrogens is 314 g/mol. The zero-order chi connectivity index (χ0) is 17.6. The molecule has 1 aromatic carbocycles. The topological polar surface area (TPSA) is 80.0 Å². The average Bonchev–Trinajstić information content (AvgIpc) is 2.96. The van der Waals surface area contributed by atoms with Gasteiger partial charge in [0, 0.05) is 25.2 Å². The quantitative estimate of drug-likeness (QED) is 0.549. The molecule has 2 aromatic heterocycles. The van der Waals surface area contributed by atoms with E-state index in [4.69, 9.17) is 4.99 Å². The summed E-state index contributed by atoms with van der Waals surface area (Å²) in [7, 11) is 1.96. The smallest absolute Gasteiger partial charge is 0.191 e. The van der Waals surface area contributed by atoms with Crippen LogP contribution < -0.4 is 10.6 Å². The van der Waals surface area contributed by atoms with Gasteiger partial charge in [-0.05, 0) is 31.5 Å². The number of nitrogens with zero attached hydrogens (tertiary/aromatic N) is 5. The van der Waals surface area contributed by atoms with Crippen molar-refractivity contribution in [3.63, 3.8) is 0 Å². The fourth-order valence-electron chi connectivity index (χ4n) is 2.57. The van der Waals surface area contributed by atoms with Gasteiger partial charge in [-0.25, -0.2) is 4.99 Å². The van der Waals surface area contributed by atoms with Crippen molar-refractivity contribution in [1.82, 2.24) is 30.4 Å². The number of hydrogen-bond donors (Lipinski definition) is 2. The third kappa shape index (κ3) is 3.93. The van der Waals surface area contributed by atoms with Crippen LogP contribution in [0.5, 0.6) is 0 Å². The summed E-state index contributed by atoms with van der Waals surface area (Å²) in [6, 6.07) is 10.1. The molecule has 0 radical (unpaired) electrons. The summed E-state index contributed by atoms with van der Waals surface area (Å²) in [5, 5.41) is 15.9. The summed E-state index contributed by atoms with van der Waals surface area (Å²) in [5.41, 5.74) is 2.14. The molecule has 3 rings (SSSR count). The second-order valence-corrected chi connectivity index (χ2v) is 5.76. The number of hydrogen-bond acceptors (Lipinski definition) is 4. The minimum Gasteiger partial charge on any atom is -0.357 e. The molecule has 0 unspecified atom stereocenters. The number of pyridine rings is 1. The monoisotopic (exact) mass is 337 g/mol. The largest absolute Gasteiger partial charge is 0.357 e. The number of benzene rings is 1. The lowest BCUT2D eigenvalue weighted by Gasteiger charge is -2.11. The van der Waals surface area contributed by atoms with Crippen LogP contribution in [0.25, 0.3) is 10.9 Å². The van der Waals surface area contributed by atoms with E-state index in [1.165, 1.54) is 0 Å². The Morgan fingerprint density at radius 1 is 1.16 bits per heavy atom. The molecule has 0 spiro atoms.